The van der Waals surface area contributed by atoms with E-state index in [9.17, 15) is 4.79 Å². The monoisotopic (exact) mass is 387 g/mol. The molecule has 0 saturated heterocycles. The van der Waals surface area contributed by atoms with Crippen molar-refractivity contribution in [1.29, 1.82) is 0 Å². The summed E-state index contributed by atoms with van der Waals surface area (Å²) >= 11 is 0. The average molecular weight is 388 g/mol. The third-order valence-electron chi connectivity index (χ3n) is 4.92. The van der Waals surface area contributed by atoms with Crippen molar-refractivity contribution in [3.63, 3.8) is 0 Å². The normalized spacial score (nSPS) is 10.6. The molecule has 0 aliphatic rings. The van der Waals surface area contributed by atoms with Crippen LogP contribution in [0.25, 0.3) is 0 Å². The van der Waals surface area contributed by atoms with Gasteiger partial charge in [-0.1, -0.05) is 72.8 Å². The van der Waals surface area contributed by atoms with E-state index in [1.807, 2.05) is 74.8 Å². The number of anilines is 1. The standard InChI is InChI=1S/C25H29N3O/c1-28(2)23-17-15-20(16-18-23)10-9-19-26-25(29)27-24(21-11-5-3-6-12-21)22-13-7-4-8-14-22/h3-8,11-18,24H,9-10,19H2,1-2H3,(H2,26,27,29). The summed E-state index contributed by atoms with van der Waals surface area (Å²) < 4.78 is 0. The Morgan fingerprint density at radius 2 is 1.38 bits per heavy atom. The minimum absolute atomic E-state index is 0.148. The Kier molecular flexibility index (Phi) is 7.28. The first-order chi connectivity index (χ1) is 14.1. The molecule has 2 N–H and O–H groups in total. The van der Waals surface area contributed by atoms with E-state index in [2.05, 4.69) is 39.8 Å². The molecule has 2 amide bonds. The van der Waals surface area contributed by atoms with E-state index < -0.39 is 0 Å². The fraction of sp³-hybridized carbons (Fsp3) is 0.240. The molecule has 3 aromatic carbocycles. The van der Waals surface area contributed by atoms with Gasteiger partial charge in [0.1, 0.15) is 0 Å². The zero-order valence-corrected chi connectivity index (χ0v) is 17.1. The van der Waals surface area contributed by atoms with Gasteiger partial charge in [0.25, 0.3) is 0 Å². The van der Waals surface area contributed by atoms with Crippen LogP contribution in [0.15, 0.2) is 84.9 Å². The first-order valence-electron chi connectivity index (χ1n) is 10.0. The summed E-state index contributed by atoms with van der Waals surface area (Å²) in [6.45, 7) is 0.636. The minimum Gasteiger partial charge on any atom is -0.378 e. The van der Waals surface area contributed by atoms with Crippen LogP contribution < -0.4 is 15.5 Å². The molecule has 0 aromatic heterocycles. The van der Waals surface area contributed by atoms with Crippen LogP contribution in [0, 0.1) is 0 Å². The Balaban J connectivity index is 1.51. The molecule has 3 aromatic rings. The third-order valence-corrected chi connectivity index (χ3v) is 4.92. The molecule has 0 atom stereocenters. The Hall–Kier alpha value is -3.27. The van der Waals surface area contributed by atoms with Crippen molar-refractivity contribution in [1.82, 2.24) is 10.6 Å². The van der Waals surface area contributed by atoms with E-state index in [4.69, 9.17) is 0 Å². The molecule has 0 aliphatic carbocycles. The quantitative estimate of drug-likeness (QED) is 0.547. The zero-order valence-electron chi connectivity index (χ0n) is 17.1. The van der Waals surface area contributed by atoms with Crippen molar-refractivity contribution in [2.45, 2.75) is 18.9 Å². The summed E-state index contributed by atoms with van der Waals surface area (Å²) in [6.07, 6.45) is 1.84. The summed E-state index contributed by atoms with van der Waals surface area (Å²) in [4.78, 5) is 14.6. The van der Waals surface area contributed by atoms with Crippen LogP contribution >= 0.6 is 0 Å². The van der Waals surface area contributed by atoms with Gasteiger partial charge in [0.2, 0.25) is 0 Å². The number of rotatable bonds is 8. The van der Waals surface area contributed by atoms with Crippen molar-refractivity contribution in [2.24, 2.45) is 0 Å². The summed E-state index contributed by atoms with van der Waals surface area (Å²) in [5.41, 5.74) is 4.60. The van der Waals surface area contributed by atoms with Crippen molar-refractivity contribution in [3.05, 3.63) is 102 Å². The van der Waals surface area contributed by atoms with Crippen LogP contribution in [-0.2, 0) is 6.42 Å². The van der Waals surface area contributed by atoms with Gasteiger partial charge in [0.15, 0.2) is 0 Å². The van der Waals surface area contributed by atoms with Crippen molar-refractivity contribution in [2.75, 3.05) is 25.5 Å². The van der Waals surface area contributed by atoms with E-state index in [0.29, 0.717) is 6.54 Å². The zero-order chi connectivity index (χ0) is 20.5. The largest absolute Gasteiger partial charge is 0.378 e. The number of amides is 2. The van der Waals surface area contributed by atoms with Gasteiger partial charge in [-0.2, -0.15) is 0 Å². The first kappa shape index (κ1) is 20.5. The average Bonchev–Trinajstić information content (AvgIpc) is 2.76. The number of nitrogens with one attached hydrogen (secondary N) is 2. The van der Waals surface area contributed by atoms with Crippen LogP contribution in [-0.4, -0.2) is 26.7 Å². The van der Waals surface area contributed by atoms with Crippen LogP contribution in [0.1, 0.15) is 29.2 Å². The van der Waals surface area contributed by atoms with Gasteiger partial charge in [0.05, 0.1) is 6.04 Å². The van der Waals surface area contributed by atoms with E-state index in [-0.39, 0.29) is 12.1 Å². The number of urea groups is 1. The molecule has 4 heteroatoms. The second-order valence-corrected chi connectivity index (χ2v) is 7.32. The van der Waals surface area contributed by atoms with Gasteiger partial charge in [-0.15, -0.1) is 0 Å². The van der Waals surface area contributed by atoms with Gasteiger partial charge in [-0.3, -0.25) is 0 Å². The van der Waals surface area contributed by atoms with Crippen molar-refractivity contribution < 1.29 is 4.79 Å². The molecule has 0 aliphatic heterocycles. The Bertz CT molecular complexity index is 837. The molecule has 0 bridgehead atoms. The van der Waals surface area contributed by atoms with Crippen molar-refractivity contribution in [3.8, 4) is 0 Å². The molecule has 3 rings (SSSR count). The summed E-state index contributed by atoms with van der Waals surface area (Å²) in [5, 5.41) is 6.11. The molecule has 0 unspecified atom stereocenters. The molecule has 0 saturated carbocycles. The fourth-order valence-electron chi connectivity index (χ4n) is 3.29. The highest BCUT2D eigenvalue weighted by atomic mass is 16.2. The number of hydrogen-bond acceptors (Lipinski definition) is 2. The second-order valence-electron chi connectivity index (χ2n) is 7.32. The van der Waals surface area contributed by atoms with Crippen molar-refractivity contribution >= 4 is 11.7 Å². The SMILES string of the molecule is CN(C)c1ccc(CCCNC(=O)NC(c2ccccc2)c2ccccc2)cc1. The summed E-state index contributed by atoms with van der Waals surface area (Å²) in [6, 6.07) is 28.3. The lowest BCUT2D eigenvalue weighted by atomic mass is 9.99. The Labute approximate surface area is 173 Å². The van der Waals surface area contributed by atoms with E-state index in [1.165, 1.54) is 11.3 Å². The van der Waals surface area contributed by atoms with Gasteiger partial charge in [0, 0.05) is 26.3 Å². The fourth-order valence-corrected chi connectivity index (χ4v) is 3.29. The maximum Gasteiger partial charge on any atom is 0.315 e. The maximum atomic E-state index is 12.5. The van der Waals surface area contributed by atoms with Gasteiger partial charge >= 0.3 is 6.03 Å². The summed E-state index contributed by atoms with van der Waals surface area (Å²) in [7, 11) is 4.07. The second kappa shape index (κ2) is 10.3. The van der Waals surface area contributed by atoms with Crippen LogP contribution in [0.3, 0.4) is 0 Å². The molecular formula is C25H29N3O. The molecule has 150 valence electrons. The van der Waals surface area contributed by atoms with E-state index >= 15 is 0 Å². The lowest BCUT2D eigenvalue weighted by molar-refractivity contribution is 0.238. The molecule has 4 nitrogen and oxygen atoms in total. The van der Waals surface area contributed by atoms with Crippen LogP contribution in [0.5, 0.6) is 0 Å². The molecule has 29 heavy (non-hydrogen) atoms. The predicted octanol–water partition coefficient (Wildman–Crippen LogP) is 4.77. The first-order valence-corrected chi connectivity index (χ1v) is 10.0. The van der Waals surface area contributed by atoms with E-state index in [1.54, 1.807) is 0 Å². The van der Waals surface area contributed by atoms with Gasteiger partial charge in [-0.25, -0.2) is 4.79 Å². The lowest BCUT2D eigenvalue weighted by Crippen LogP contribution is -2.38. The Morgan fingerprint density at radius 1 is 0.828 bits per heavy atom. The molecule has 0 radical (unpaired) electrons. The smallest absolute Gasteiger partial charge is 0.315 e. The number of carbonyl (C=O) groups is 1. The van der Waals surface area contributed by atoms with Gasteiger partial charge < -0.3 is 15.5 Å². The van der Waals surface area contributed by atoms with Crippen LogP contribution in [0.2, 0.25) is 0 Å². The minimum atomic E-state index is -0.170. The van der Waals surface area contributed by atoms with Gasteiger partial charge in [-0.05, 0) is 41.7 Å². The maximum absolute atomic E-state index is 12.5. The highest BCUT2D eigenvalue weighted by Crippen LogP contribution is 2.21. The molecule has 0 fully saturated rings. The topological polar surface area (TPSA) is 44.4 Å². The molecule has 0 heterocycles. The third kappa shape index (κ3) is 6.11. The number of carbonyl (C=O) groups excluding carboxylic acids is 1. The highest BCUT2D eigenvalue weighted by Gasteiger charge is 2.16. The number of nitrogens with zero attached hydrogens (tertiary/aromatic N) is 1. The molecular weight excluding hydrogens is 358 g/mol. The number of aryl methyl sites for hydroxylation is 1. The predicted molar refractivity (Wildman–Crippen MR) is 120 cm³/mol. The molecule has 0 spiro atoms. The number of benzene rings is 3. The summed E-state index contributed by atoms with van der Waals surface area (Å²) in [5.74, 6) is 0. The lowest BCUT2D eigenvalue weighted by Gasteiger charge is -2.20. The highest BCUT2D eigenvalue weighted by molar-refractivity contribution is 5.75. The van der Waals surface area contributed by atoms with E-state index in [0.717, 1.165) is 24.0 Å². The number of hydrogen-bond donors (Lipinski definition) is 2. The Morgan fingerprint density at radius 3 is 1.90 bits per heavy atom. The van der Waals surface area contributed by atoms with Crippen LogP contribution in [0.4, 0.5) is 10.5 Å².